The number of imidazole rings is 1. The Morgan fingerprint density at radius 3 is 2.59 bits per heavy atom. The lowest BCUT2D eigenvalue weighted by molar-refractivity contribution is 0.355. The Labute approximate surface area is 134 Å². The summed E-state index contributed by atoms with van der Waals surface area (Å²) < 4.78 is 12.7. The standard InChI is InChI=1S/C17H17ClN2O2/c1-11-5-4-8-20-13(10-18)16(19-17(11)20)12-6-7-14(21-2)15(9-12)22-3/h4-9H,10H2,1-3H3. The fourth-order valence-corrected chi connectivity index (χ4v) is 2.85. The summed E-state index contributed by atoms with van der Waals surface area (Å²) in [6.07, 6.45) is 1.98. The van der Waals surface area contributed by atoms with E-state index in [-0.39, 0.29) is 0 Å². The minimum atomic E-state index is 0.383. The highest BCUT2D eigenvalue weighted by atomic mass is 35.5. The maximum atomic E-state index is 6.17. The lowest BCUT2D eigenvalue weighted by atomic mass is 10.1. The van der Waals surface area contributed by atoms with Gasteiger partial charge in [-0.3, -0.25) is 0 Å². The van der Waals surface area contributed by atoms with Crippen molar-refractivity contribution >= 4 is 17.2 Å². The Kier molecular flexibility index (Phi) is 3.94. The van der Waals surface area contributed by atoms with E-state index in [0.717, 1.165) is 28.2 Å². The molecule has 0 aliphatic rings. The second-order valence-corrected chi connectivity index (χ2v) is 5.26. The molecule has 22 heavy (non-hydrogen) atoms. The number of rotatable bonds is 4. The van der Waals surface area contributed by atoms with Crippen molar-refractivity contribution in [3.05, 3.63) is 47.8 Å². The van der Waals surface area contributed by atoms with Crippen molar-refractivity contribution in [2.75, 3.05) is 14.2 Å². The van der Waals surface area contributed by atoms with E-state index in [9.17, 15) is 0 Å². The van der Waals surface area contributed by atoms with Crippen LogP contribution in [0.4, 0.5) is 0 Å². The Balaban J connectivity index is 2.24. The lowest BCUT2D eigenvalue weighted by Gasteiger charge is -2.09. The quantitative estimate of drug-likeness (QED) is 0.681. The smallest absolute Gasteiger partial charge is 0.161 e. The van der Waals surface area contributed by atoms with Crippen LogP contribution in [0.2, 0.25) is 0 Å². The molecule has 4 nitrogen and oxygen atoms in total. The maximum absolute atomic E-state index is 6.17. The minimum Gasteiger partial charge on any atom is -0.493 e. The van der Waals surface area contributed by atoms with E-state index < -0.39 is 0 Å². The zero-order valence-corrected chi connectivity index (χ0v) is 13.5. The van der Waals surface area contributed by atoms with Crippen molar-refractivity contribution in [3.8, 4) is 22.8 Å². The number of alkyl halides is 1. The highest BCUT2D eigenvalue weighted by molar-refractivity contribution is 6.17. The Bertz CT molecular complexity index is 827. The molecular formula is C17H17ClN2O2. The predicted molar refractivity (Wildman–Crippen MR) is 88.0 cm³/mol. The molecule has 0 saturated heterocycles. The minimum absolute atomic E-state index is 0.383. The Hall–Kier alpha value is -2.20. The third-order valence-electron chi connectivity index (χ3n) is 3.73. The van der Waals surface area contributed by atoms with Gasteiger partial charge in [0.2, 0.25) is 0 Å². The van der Waals surface area contributed by atoms with Crippen LogP contribution in [0.5, 0.6) is 11.5 Å². The molecule has 0 radical (unpaired) electrons. The summed E-state index contributed by atoms with van der Waals surface area (Å²) in [5.41, 5.74) is 4.82. The first-order chi connectivity index (χ1) is 10.7. The summed E-state index contributed by atoms with van der Waals surface area (Å²) in [6.45, 7) is 2.04. The summed E-state index contributed by atoms with van der Waals surface area (Å²) in [4.78, 5) is 4.77. The van der Waals surface area contributed by atoms with Crippen LogP contribution in [0.25, 0.3) is 16.9 Å². The van der Waals surface area contributed by atoms with Crippen LogP contribution in [0.3, 0.4) is 0 Å². The summed E-state index contributed by atoms with van der Waals surface area (Å²) in [5.74, 6) is 1.75. The van der Waals surface area contributed by atoms with E-state index >= 15 is 0 Å². The number of aryl methyl sites for hydroxylation is 1. The molecule has 2 heterocycles. The summed E-state index contributed by atoms with van der Waals surface area (Å²) in [5, 5.41) is 0. The first-order valence-electron chi connectivity index (χ1n) is 6.94. The van der Waals surface area contributed by atoms with E-state index in [2.05, 4.69) is 0 Å². The van der Waals surface area contributed by atoms with Crippen LogP contribution >= 0.6 is 11.6 Å². The Morgan fingerprint density at radius 1 is 1.14 bits per heavy atom. The van der Waals surface area contributed by atoms with E-state index in [1.54, 1.807) is 14.2 Å². The van der Waals surface area contributed by atoms with Gasteiger partial charge in [0.05, 0.1) is 31.5 Å². The average Bonchev–Trinajstić information content (AvgIpc) is 2.94. The van der Waals surface area contributed by atoms with Crippen molar-refractivity contribution < 1.29 is 9.47 Å². The van der Waals surface area contributed by atoms with Crippen LogP contribution < -0.4 is 9.47 Å². The van der Waals surface area contributed by atoms with Crippen LogP contribution in [0, 0.1) is 6.92 Å². The van der Waals surface area contributed by atoms with Crippen LogP contribution in [0.15, 0.2) is 36.5 Å². The first kappa shape index (κ1) is 14.7. The average molecular weight is 317 g/mol. The van der Waals surface area contributed by atoms with Crippen molar-refractivity contribution in [1.82, 2.24) is 9.38 Å². The molecule has 0 fully saturated rings. The number of fused-ring (bicyclic) bond motifs is 1. The third kappa shape index (κ3) is 2.29. The number of halogens is 1. The lowest BCUT2D eigenvalue weighted by Crippen LogP contribution is -1.93. The van der Waals surface area contributed by atoms with E-state index in [1.807, 2.05) is 47.9 Å². The second-order valence-electron chi connectivity index (χ2n) is 5.00. The fourth-order valence-electron chi connectivity index (χ4n) is 2.60. The van der Waals surface area contributed by atoms with Crippen LogP contribution in [-0.2, 0) is 5.88 Å². The zero-order chi connectivity index (χ0) is 15.7. The molecule has 0 spiro atoms. The molecule has 0 unspecified atom stereocenters. The second kappa shape index (κ2) is 5.89. The normalized spacial score (nSPS) is 10.9. The predicted octanol–water partition coefficient (Wildman–Crippen LogP) is 4.07. The monoisotopic (exact) mass is 316 g/mol. The number of benzene rings is 1. The van der Waals surface area contributed by atoms with E-state index in [1.165, 1.54) is 0 Å². The molecule has 114 valence electrons. The van der Waals surface area contributed by atoms with Gasteiger partial charge >= 0.3 is 0 Å². The van der Waals surface area contributed by atoms with Crippen LogP contribution in [-0.4, -0.2) is 23.6 Å². The molecule has 0 N–H and O–H groups in total. The third-order valence-corrected chi connectivity index (χ3v) is 3.98. The number of nitrogens with zero attached hydrogens (tertiary/aromatic N) is 2. The molecule has 5 heteroatoms. The largest absolute Gasteiger partial charge is 0.493 e. The first-order valence-corrected chi connectivity index (χ1v) is 7.48. The fraction of sp³-hybridized carbons (Fsp3) is 0.235. The topological polar surface area (TPSA) is 35.8 Å². The van der Waals surface area contributed by atoms with Crippen LogP contribution in [0.1, 0.15) is 11.3 Å². The zero-order valence-electron chi connectivity index (χ0n) is 12.8. The molecule has 1 aromatic carbocycles. The molecule has 2 aromatic heterocycles. The van der Waals surface area contributed by atoms with Gasteiger partial charge in [-0.25, -0.2) is 4.98 Å². The molecule has 0 aliphatic carbocycles. The summed E-state index contributed by atoms with van der Waals surface area (Å²) in [7, 11) is 3.24. The van der Waals surface area contributed by atoms with Gasteiger partial charge in [-0.15, -0.1) is 11.6 Å². The van der Waals surface area contributed by atoms with Gasteiger partial charge in [-0.2, -0.15) is 0 Å². The Morgan fingerprint density at radius 2 is 1.91 bits per heavy atom. The molecule has 0 amide bonds. The number of hydrogen-bond acceptors (Lipinski definition) is 3. The van der Waals surface area contributed by atoms with Gasteiger partial charge < -0.3 is 13.9 Å². The molecule has 0 bridgehead atoms. The molecule has 0 aliphatic heterocycles. The number of methoxy groups -OCH3 is 2. The molecular weight excluding hydrogens is 300 g/mol. The number of pyridine rings is 1. The summed E-state index contributed by atoms with van der Waals surface area (Å²) in [6, 6.07) is 9.81. The van der Waals surface area contributed by atoms with Crippen molar-refractivity contribution in [1.29, 1.82) is 0 Å². The van der Waals surface area contributed by atoms with Gasteiger partial charge in [0.15, 0.2) is 11.5 Å². The van der Waals surface area contributed by atoms with E-state index in [4.69, 9.17) is 26.1 Å². The highest BCUT2D eigenvalue weighted by Crippen LogP contribution is 2.34. The van der Waals surface area contributed by atoms with Crippen molar-refractivity contribution in [3.63, 3.8) is 0 Å². The number of hydrogen-bond donors (Lipinski definition) is 0. The molecule has 0 saturated carbocycles. The summed E-state index contributed by atoms with van der Waals surface area (Å²) >= 11 is 6.17. The SMILES string of the molecule is COc1ccc(-c2nc3c(C)cccn3c2CCl)cc1OC. The maximum Gasteiger partial charge on any atom is 0.161 e. The van der Waals surface area contributed by atoms with Gasteiger partial charge in [0, 0.05) is 11.8 Å². The van der Waals surface area contributed by atoms with Gasteiger partial charge in [0.1, 0.15) is 5.65 Å². The highest BCUT2D eigenvalue weighted by Gasteiger charge is 2.16. The number of aromatic nitrogens is 2. The van der Waals surface area contributed by atoms with Gasteiger partial charge in [-0.05, 0) is 36.8 Å². The van der Waals surface area contributed by atoms with Gasteiger partial charge in [0.25, 0.3) is 0 Å². The van der Waals surface area contributed by atoms with Crippen molar-refractivity contribution in [2.45, 2.75) is 12.8 Å². The number of ether oxygens (including phenoxy) is 2. The molecule has 3 aromatic rings. The van der Waals surface area contributed by atoms with E-state index in [0.29, 0.717) is 17.4 Å². The molecule has 3 rings (SSSR count). The van der Waals surface area contributed by atoms with Crippen molar-refractivity contribution in [2.24, 2.45) is 0 Å². The molecule has 0 atom stereocenters. The van der Waals surface area contributed by atoms with Gasteiger partial charge in [-0.1, -0.05) is 6.07 Å².